The van der Waals surface area contributed by atoms with Crippen molar-refractivity contribution in [2.24, 2.45) is 0 Å². The zero-order chi connectivity index (χ0) is 20.1. The van der Waals surface area contributed by atoms with Crippen molar-refractivity contribution in [2.45, 2.75) is 0 Å². The summed E-state index contributed by atoms with van der Waals surface area (Å²) in [6.07, 6.45) is -4.33. The molecule has 0 aliphatic heterocycles. The molecule has 0 saturated carbocycles. The van der Waals surface area contributed by atoms with Crippen molar-refractivity contribution in [3.8, 4) is 0 Å². The fourth-order valence-electron chi connectivity index (χ4n) is 1.86. The highest BCUT2D eigenvalue weighted by molar-refractivity contribution is 7.58. The van der Waals surface area contributed by atoms with E-state index < -0.39 is 72.7 Å². The Bertz CT molecular complexity index is 576. The first-order chi connectivity index (χ1) is 11.0. The predicted molar refractivity (Wildman–Crippen MR) is 82.1 cm³/mol. The molecule has 17 heteroatoms. The van der Waals surface area contributed by atoms with E-state index in [9.17, 15) is 28.2 Å². The van der Waals surface area contributed by atoms with Crippen LogP contribution in [-0.4, -0.2) is 94.7 Å². The molecule has 7 N–H and O–H groups in total. The summed E-state index contributed by atoms with van der Waals surface area (Å²) in [5, 5.41) is 17.3. The van der Waals surface area contributed by atoms with E-state index in [-0.39, 0.29) is 0 Å². The molecule has 0 saturated heterocycles. The van der Waals surface area contributed by atoms with Crippen LogP contribution in [0.2, 0.25) is 0 Å². The molecule has 0 heterocycles. The van der Waals surface area contributed by atoms with Gasteiger partial charge in [-0.05, 0) is 0 Å². The van der Waals surface area contributed by atoms with Gasteiger partial charge in [0.05, 0.1) is 25.7 Å². The van der Waals surface area contributed by atoms with Gasteiger partial charge in [0.2, 0.25) is 7.37 Å². The zero-order valence-electron chi connectivity index (χ0n) is 12.7. The second-order valence-corrected chi connectivity index (χ2v) is 10.7. The lowest BCUT2D eigenvalue weighted by Crippen LogP contribution is -2.36. The Hall–Kier alpha value is -0.650. The van der Waals surface area contributed by atoms with Crippen molar-refractivity contribution >= 4 is 34.5 Å². The first kappa shape index (κ1) is 24.4. The van der Waals surface area contributed by atoms with Gasteiger partial charge in [-0.2, -0.15) is 0 Å². The Morgan fingerprint density at radius 2 is 0.920 bits per heavy atom. The maximum atomic E-state index is 12.1. The third-order valence-corrected chi connectivity index (χ3v) is 5.55. The number of rotatable bonds is 12. The average molecular weight is 428 g/mol. The Morgan fingerprint density at radius 3 is 1.12 bits per heavy atom. The van der Waals surface area contributed by atoms with E-state index in [1.54, 1.807) is 0 Å². The van der Waals surface area contributed by atoms with E-state index in [4.69, 9.17) is 29.8 Å². The van der Waals surface area contributed by atoms with Gasteiger partial charge >= 0.3 is 27.1 Å². The fraction of sp³-hybridized carbons (Fsp3) is 0.750. The number of hydrogen-bond acceptors (Lipinski definition) is 7. The van der Waals surface area contributed by atoms with Crippen LogP contribution >= 0.6 is 22.6 Å². The van der Waals surface area contributed by atoms with Crippen LogP contribution in [0.4, 0.5) is 0 Å². The minimum Gasteiger partial charge on any atom is -0.480 e. The van der Waals surface area contributed by atoms with Gasteiger partial charge < -0.3 is 34.7 Å². The van der Waals surface area contributed by atoms with Gasteiger partial charge in [-0.1, -0.05) is 0 Å². The number of aliphatic carboxylic acids is 2. The highest BCUT2D eigenvalue weighted by Gasteiger charge is 2.32. The number of carboxylic acids is 2. The largest absolute Gasteiger partial charge is 0.480 e. The highest BCUT2D eigenvalue weighted by atomic mass is 31.2. The van der Waals surface area contributed by atoms with E-state index in [1.807, 2.05) is 0 Å². The summed E-state index contributed by atoms with van der Waals surface area (Å²) in [6.45, 7) is -1.96. The predicted octanol–water partition coefficient (Wildman–Crippen LogP) is -1.78. The van der Waals surface area contributed by atoms with Crippen LogP contribution in [0.3, 0.4) is 0 Å². The Balaban J connectivity index is 5.22. The zero-order valence-corrected chi connectivity index (χ0v) is 15.3. The topological polar surface area (TPSA) is 233 Å². The normalized spacial score (nSPS) is 13.4. The smallest absolute Gasteiger partial charge is 0.339 e. The molecule has 0 bridgehead atoms. The van der Waals surface area contributed by atoms with Crippen LogP contribution in [0.1, 0.15) is 0 Å². The molecule has 148 valence electrons. The van der Waals surface area contributed by atoms with Crippen LogP contribution in [0.5, 0.6) is 0 Å². The first-order valence-corrected chi connectivity index (χ1v) is 11.9. The molecule has 0 atom stereocenters. The SMILES string of the molecule is O=C(O)CN(CP(=O)(O)O)CP(=O)(O)CN(CC(=O)O)CP(=O)(O)O. The summed E-state index contributed by atoms with van der Waals surface area (Å²) in [7, 11) is -14.0. The summed E-state index contributed by atoms with van der Waals surface area (Å²) in [5.41, 5.74) is 0. The van der Waals surface area contributed by atoms with Crippen molar-refractivity contribution in [1.29, 1.82) is 0 Å². The molecular formula is C8H19N2O12P3. The van der Waals surface area contributed by atoms with Gasteiger partial charge in [0, 0.05) is 0 Å². The second kappa shape index (κ2) is 9.33. The van der Waals surface area contributed by atoms with Crippen LogP contribution in [-0.2, 0) is 23.3 Å². The molecule has 0 spiro atoms. The van der Waals surface area contributed by atoms with Gasteiger partial charge in [0.15, 0.2) is 0 Å². The first-order valence-electron chi connectivity index (χ1n) is 6.27. The molecule has 0 aromatic heterocycles. The summed E-state index contributed by atoms with van der Waals surface area (Å²) in [6, 6.07) is 0. The maximum Gasteiger partial charge on any atom is 0.339 e. The minimum absolute atomic E-state index is 0.486. The number of carboxylic acid groups (broad SMARTS) is 2. The lowest BCUT2D eigenvalue weighted by atomic mass is 10.6. The van der Waals surface area contributed by atoms with Gasteiger partial charge in [-0.25, -0.2) is 0 Å². The molecule has 0 radical (unpaired) electrons. The van der Waals surface area contributed by atoms with Crippen molar-refractivity contribution < 1.29 is 58.0 Å². The van der Waals surface area contributed by atoms with Crippen molar-refractivity contribution in [3.05, 3.63) is 0 Å². The van der Waals surface area contributed by atoms with Crippen LogP contribution in [0.25, 0.3) is 0 Å². The molecule has 0 aliphatic rings. The van der Waals surface area contributed by atoms with Crippen LogP contribution in [0, 0.1) is 0 Å². The number of carbonyl (C=O) groups is 2. The molecule has 0 aliphatic carbocycles. The molecule has 0 fully saturated rings. The monoisotopic (exact) mass is 428 g/mol. The van der Waals surface area contributed by atoms with Gasteiger partial charge in [-0.15, -0.1) is 0 Å². The van der Waals surface area contributed by atoms with Gasteiger partial charge in [0.25, 0.3) is 0 Å². The molecule has 0 aromatic rings. The highest BCUT2D eigenvalue weighted by Crippen LogP contribution is 2.46. The molecule has 0 unspecified atom stereocenters. The van der Waals surface area contributed by atoms with Crippen LogP contribution in [0.15, 0.2) is 0 Å². The van der Waals surface area contributed by atoms with E-state index in [2.05, 4.69) is 0 Å². The Kier molecular flexibility index (Phi) is 9.09. The average Bonchev–Trinajstić information content (AvgIpc) is 2.18. The maximum absolute atomic E-state index is 12.1. The van der Waals surface area contributed by atoms with E-state index >= 15 is 0 Å². The van der Waals surface area contributed by atoms with Crippen LogP contribution < -0.4 is 0 Å². The van der Waals surface area contributed by atoms with Gasteiger partial charge in [-0.3, -0.25) is 33.1 Å². The quantitative estimate of drug-likeness (QED) is 0.170. The summed E-state index contributed by atoms with van der Waals surface area (Å²) >= 11 is 0. The van der Waals surface area contributed by atoms with E-state index in [0.29, 0.717) is 9.80 Å². The number of nitrogens with zero attached hydrogens (tertiary/aromatic N) is 2. The molecule has 0 aromatic carbocycles. The lowest BCUT2D eigenvalue weighted by Gasteiger charge is -2.27. The van der Waals surface area contributed by atoms with Gasteiger partial charge in [0.1, 0.15) is 12.6 Å². The Labute approximate surface area is 141 Å². The molecule has 0 rings (SSSR count). The summed E-state index contributed by atoms with van der Waals surface area (Å²) in [4.78, 5) is 67.6. The Morgan fingerprint density at radius 1 is 0.640 bits per heavy atom. The third-order valence-electron chi connectivity index (χ3n) is 2.33. The molecule has 0 amide bonds. The van der Waals surface area contributed by atoms with E-state index in [0.717, 1.165) is 0 Å². The minimum atomic E-state index is -4.76. The standard InChI is InChI=1S/C8H19N2O12P3/c11-7(12)1-9(5-24(17,18)19)3-23(15,16)4-10(2-8(13)14)6-25(20,21)22/h1-6H2,(H,11,12)(H,13,14)(H,15,16)(H2,17,18,19)(H2,20,21,22). The summed E-state index contributed by atoms with van der Waals surface area (Å²) < 4.78 is 34.1. The fourth-order valence-corrected chi connectivity index (χ4v) is 5.36. The van der Waals surface area contributed by atoms with E-state index in [1.165, 1.54) is 0 Å². The summed E-state index contributed by atoms with van der Waals surface area (Å²) in [5.74, 6) is -3.07. The number of hydrogen-bond donors (Lipinski definition) is 7. The second-order valence-electron chi connectivity index (χ2n) is 5.19. The van der Waals surface area contributed by atoms with Crippen molar-refractivity contribution in [2.75, 3.05) is 38.2 Å². The molecular weight excluding hydrogens is 409 g/mol. The van der Waals surface area contributed by atoms with Crippen molar-refractivity contribution in [1.82, 2.24) is 9.80 Å². The molecule has 14 nitrogen and oxygen atoms in total. The molecule has 25 heavy (non-hydrogen) atoms. The lowest BCUT2D eigenvalue weighted by molar-refractivity contribution is -0.138. The van der Waals surface area contributed by atoms with Crippen molar-refractivity contribution in [3.63, 3.8) is 0 Å². The third kappa shape index (κ3) is 14.2.